The third kappa shape index (κ3) is 3.30. The fraction of sp³-hybridized carbons (Fsp3) is 0.615. The van der Waals surface area contributed by atoms with E-state index in [1.165, 1.54) is 10.4 Å². The summed E-state index contributed by atoms with van der Waals surface area (Å²) in [7, 11) is 0. The number of amides is 1. The minimum absolute atomic E-state index is 0.0570. The van der Waals surface area contributed by atoms with Gasteiger partial charge in [0, 0.05) is 16.8 Å². The molecule has 0 bridgehead atoms. The Kier molecular flexibility index (Phi) is 3.54. The molecule has 1 unspecified atom stereocenters. The number of thiophene rings is 1. The Morgan fingerprint density at radius 2 is 2.41 bits per heavy atom. The number of nitrogens with one attached hydrogen (secondary N) is 1. The minimum Gasteiger partial charge on any atom is -0.349 e. The van der Waals surface area contributed by atoms with Crippen molar-refractivity contribution in [3.8, 4) is 0 Å². The molecule has 0 radical (unpaired) electrons. The molecule has 1 aliphatic carbocycles. The summed E-state index contributed by atoms with van der Waals surface area (Å²) in [6.45, 7) is 3.76. The highest BCUT2D eigenvalue weighted by molar-refractivity contribution is 7.10. The molecule has 1 amide bonds. The monoisotopic (exact) mass is 252 g/mol. The smallest absolute Gasteiger partial charge is 0.222 e. The average molecular weight is 252 g/mol. The number of hydrogen-bond donors (Lipinski definition) is 2. The molecule has 17 heavy (non-hydrogen) atoms. The molecule has 2 rings (SSSR count). The zero-order valence-corrected chi connectivity index (χ0v) is 11.3. The van der Waals surface area contributed by atoms with Crippen LogP contribution in [0.4, 0.5) is 0 Å². The van der Waals surface area contributed by atoms with Gasteiger partial charge < -0.3 is 11.1 Å². The molecule has 1 aliphatic rings. The van der Waals surface area contributed by atoms with E-state index in [4.69, 9.17) is 5.73 Å². The number of nitrogens with two attached hydrogens (primary N) is 1. The van der Waals surface area contributed by atoms with Crippen molar-refractivity contribution in [2.75, 3.05) is 0 Å². The van der Waals surface area contributed by atoms with Crippen LogP contribution in [0.1, 0.15) is 49.6 Å². The van der Waals surface area contributed by atoms with Gasteiger partial charge in [0.25, 0.3) is 0 Å². The highest BCUT2D eigenvalue weighted by Gasteiger charge is 2.24. The Bertz CT molecular complexity index is 406. The van der Waals surface area contributed by atoms with Crippen molar-refractivity contribution >= 4 is 17.2 Å². The summed E-state index contributed by atoms with van der Waals surface area (Å²) in [5.74, 6) is 0.0570. The first kappa shape index (κ1) is 12.6. The molecule has 3 nitrogen and oxygen atoms in total. The van der Waals surface area contributed by atoms with Crippen molar-refractivity contribution in [3.63, 3.8) is 0 Å². The molecule has 0 spiro atoms. The van der Waals surface area contributed by atoms with Gasteiger partial charge in [0.15, 0.2) is 0 Å². The van der Waals surface area contributed by atoms with Gasteiger partial charge in [-0.2, -0.15) is 0 Å². The third-order valence-electron chi connectivity index (χ3n) is 3.00. The molecule has 0 fully saturated rings. The van der Waals surface area contributed by atoms with E-state index in [1.54, 1.807) is 11.3 Å². The number of rotatable bonds is 3. The second kappa shape index (κ2) is 4.78. The fourth-order valence-corrected chi connectivity index (χ4v) is 3.28. The molecule has 1 atom stereocenters. The third-order valence-corrected chi connectivity index (χ3v) is 4.00. The molecule has 0 saturated heterocycles. The maximum atomic E-state index is 11.9. The Hall–Kier alpha value is -0.870. The molecule has 3 N–H and O–H groups in total. The SMILES string of the molecule is CC(C)(N)CC(=O)NC1CCCc2sccc21. The highest BCUT2D eigenvalue weighted by Crippen LogP contribution is 2.33. The van der Waals surface area contributed by atoms with Gasteiger partial charge in [0.05, 0.1) is 6.04 Å². The van der Waals surface area contributed by atoms with Crippen LogP contribution in [0, 0.1) is 0 Å². The van der Waals surface area contributed by atoms with Crippen LogP contribution in [-0.2, 0) is 11.2 Å². The molecule has 1 heterocycles. The van der Waals surface area contributed by atoms with E-state index >= 15 is 0 Å². The topological polar surface area (TPSA) is 55.1 Å². The van der Waals surface area contributed by atoms with Crippen LogP contribution in [0.5, 0.6) is 0 Å². The molecule has 4 heteroatoms. The van der Waals surface area contributed by atoms with Gasteiger partial charge in [0.2, 0.25) is 5.91 Å². The van der Waals surface area contributed by atoms with E-state index in [-0.39, 0.29) is 11.9 Å². The predicted molar refractivity (Wildman–Crippen MR) is 71.0 cm³/mol. The van der Waals surface area contributed by atoms with Crippen LogP contribution < -0.4 is 11.1 Å². The summed E-state index contributed by atoms with van der Waals surface area (Å²) in [4.78, 5) is 13.3. The Labute approximate surface area is 106 Å². The van der Waals surface area contributed by atoms with Crippen LogP contribution >= 0.6 is 11.3 Å². The van der Waals surface area contributed by atoms with E-state index in [2.05, 4.69) is 16.8 Å². The largest absolute Gasteiger partial charge is 0.349 e. The van der Waals surface area contributed by atoms with Gasteiger partial charge in [-0.15, -0.1) is 11.3 Å². The molecule has 1 aromatic rings. The van der Waals surface area contributed by atoms with Crippen molar-refractivity contribution in [1.29, 1.82) is 0 Å². The molecule has 94 valence electrons. The molecule has 0 aliphatic heterocycles. The Morgan fingerprint density at radius 3 is 3.12 bits per heavy atom. The van der Waals surface area contributed by atoms with Crippen molar-refractivity contribution in [3.05, 3.63) is 21.9 Å². The van der Waals surface area contributed by atoms with Crippen LogP contribution in [0.25, 0.3) is 0 Å². The van der Waals surface area contributed by atoms with Crippen LogP contribution in [0.3, 0.4) is 0 Å². The zero-order valence-electron chi connectivity index (χ0n) is 10.5. The maximum absolute atomic E-state index is 11.9. The van der Waals surface area contributed by atoms with Gasteiger partial charge in [-0.05, 0) is 50.1 Å². The summed E-state index contributed by atoms with van der Waals surface area (Å²) in [5, 5.41) is 5.22. The fourth-order valence-electron chi connectivity index (χ4n) is 2.30. The number of fused-ring (bicyclic) bond motifs is 1. The van der Waals surface area contributed by atoms with Gasteiger partial charge in [-0.3, -0.25) is 4.79 Å². The second-order valence-corrected chi connectivity index (χ2v) is 6.48. The summed E-state index contributed by atoms with van der Waals surface area (Å²) in [6, 6.07) is 2.33. The van der Waals surface area contributed by atoms with Crippen molar-refractivity contribution in [2.45, 2.75) is 51.1 Å². The molecular weight excluding hydrogens is 232 g/mol. The van der Waals surface area contributed by atoms with Gasteiger partial charge in [-0.25, -0.2) is 0 Å². The lowest BCUT2D eigenvalue weighted by Gasteiger charge is -2.25. The quantitative estimate of drug-likeness (QED) is 0.867. The van der Waals surface area contributed by atoms with Crippen molar-refractivity contribution < 1.29 is 4.79 Å². The predicted octanol–water partition coefficient (Wildman–Crippen LogP) is 2.37. The van der Waals surface area contributed by atoms with Crippen molar-refractivity contribution in [2.24, 2.45) is 5.73 Å². The maximum Gasteiger partial charge on any atom is 0.222 e. The number of carbonyl (C=O) groups is 1. The van der Waals surface area contributed by atoms with E-state index in [0.717, 1.165) is 19.3 Å². The molecule has 0 aromatic carbocycles. The summed E-state index contributed by atoms with van der Waals surface area (Å²) in [5.41, 5.74) is 6.73. The molecule has 1 aromatic heterocycles. The van der Waals surface area contributed by atoms with Gasteiger partial charge in [-0.1, -0.05) is 0 Å². The van der Waals surface area contributed by atoms with E-state index in [9.17, 15) is 4.79 Å². The summed E-state index contributed by atoms with van der Waals surface area (Å²) >= 11 is 1.79. The van der Waals surface area contributed by atoms with E-state index in [0.29, 0.717) is 6.42 Å². The highest BCUT2D eigenvalue weighted by atomic mass is 32.1. The Morgan fingerprint density at radius 1 is 1.65 bits per heavy atom. The standard InChI is InChI=1S/C13H20N2OS/c1-13(2,14)8-12(16)15-10-4-3-5-11-9(10)6-7-17-11/h6-7,10H,3-5,8,14H2,1-2H3,(H,15,16). The lowest BCUT2D eigenvalue weighted by molar-refractivity contribution is -0.122. The van der Waals surface area contributed by atoms with Gasteiger partial charge in [0.1, 0.15) is 0 Å². The minimum atomic E-state index is -0.434. The lowest BCUT2D eigenvalue weighted by atomic mass is 9.93. The summed E-state index contributed by atoms with van der Waals surface area (Å²) in [6.07, 6.45) is 3.73. The second-order valence-electron chi connectivity index (χ2n) is 5.48. The lowest BCUT2D eigenvalue weighted by Crippen LogP contribution is -2.40. The zero-order chi connectivity index (χ0) is 12.5. The Balaban J connectivity index is 2.00. The first-order valence-corrected chi connectivity index (χ1v) is 6.98. The molecule has 0 saturated carbocycles. The van der Waals surface area contributed by atoms with Crippen LogP contribution in [-0.4, -0.2) is 11.4 Å². The number of hydrogen-bond acceptors (Lipinski definition) is 3. The van der Waals surface area contributed by atoms with Crippen molar-refractivity contribution in [1.82, 2.24) is 5.32 Å². The average Bonchev–Trinajstić information content (AvgIpc) is 2.63. The number of aryl methyl sites for hydroxylation is 1. The van der Waals surface area contributed by atoms with Crippen LogP contribution in [0.2, 0.25) is 0 Å². The van der Waals surface area contributed by atoms with Crippen LogP contribution in [0.15, 0.2) is 11.4 Å². The number of carbonyl (C=O) groups excluding carboxylic acids is 1. The van der Waals surface area contributed by atoms with E-state index in [1.807, 2.05) is 13.8 Å². The summed E-state index contributed by atoms with van der Waals surface area (Å²) < 4.78 is 0. The molecular formula is C13H20N2OS. The first-order valence-electron chi connectivity index (χ1n) is 6.10. The van der Waals surface area contributed by atoms with Gasteiger partial charge >= 0.3 is 0 Å². The van der Waals surface area contributed by atoms with E-state index < -0.39 is 5.54 Å². The first-order chi connectivity index (χ1) is 7.96. The normalized spacial score (nSPS) is 19.8.